The van der Waals surface area contributed by atoms with Crippen LogP contribution < -0.4 is 5.32 Å². The van der Waals surface area contributed by atoms with Crippen LogP contribution in [0.25, 0.3) is 6.08 Å². The Morgan fingerprint density at radius 3 is 2.60 bits per heavy atom. The van der Waals surface area contributed by atoms with E-state index in [2.05, 4.69) is 15.5 Å². The Morgan fingerprint density at radius 2 is 2.00 bits per heavy atom. The van der Waals surface area contributed by atoms with Crippen LogP contribution in [-0.2, 0) is 4.79 Å². The molecule has 0 radical (unpaired) electrons. The zero-order valence-corrected chi connectivity index (χ0v) is 10.8. The lowest BCUT2D eigenvalue weighted by molar-refractivity contribution is -0.111. The van der Waals surface area contributed by atoms with Crippen LogP contribution in [0.4, 0.5) is 5.82 Å². The van der Waals surface area contributed by atoms with Gasteiger partial charge in [0.25, 0.3) is 0 Å². The van der Waals surface area contributed by atoms with Gasteiger partial charge in [0.05, 0.1) is 0 Å². The second-order valence-electron chi connectivity index (χ2n) is 4.21. The van der Waals surface area contributed by atoms with E-state index in [0.29, 0.717) is 0 Å². The second kappa shape index (κ2) is 5.83. The zero-order valence-electron chi connectivity index (χ0n) is 10.8. The summed E-state index contributed by atoms with van der Waals surface area (Å²) in [6.45, 7) is 1.98. The molecular weight excluding hydrogens is 258 g/mol. The lowest BCUT2D eigenvalue weighted by atomic mass is 10.1. The molecule has 20 heavy (non-hydrogen) atoms. The second-order valence-corrected chi connectivity index (χ2v) is 4.21. The number of amides is 1. The number of carbonyl (C=O) groups is 2. The molecule has 0 aliphatic heterocycles. The molecular formula is C14H13N3O3. The molecule has 1 aromatic heterocycles. The van der Waals surface area contributed by atoms with Gasteiger partial charge in [-0.1, -0.05) is 29.8 Å². The number of H-pyrrole nitrogens is 1. The SMILES string of the molecule is Cc1ccc(C=CC(=O)Nc2cc(C(=O)O)[nH]n2)cc1. The molecule has 0 unspecified atom stereocenters. The van der Waals surface area contributed by atoms with Gasteiger partial charge in [0, 0.05) is 12.1 Å². The highest BCUT2D eigenvalue weighted by atomic mass is 16.4. The van der Waals surface area contributed by atoms with Gasteiger partial charge in [0.15, 0.2) is 5.82 Å². The maximum Gasteiger partial charge on any atom is 0.353 e. The highest BCUT2D eigenvalue weighted by Gasteiger charge is 2.08. The lowest BCUT2D eigenvalue weighted by Crippen LogP contribution is -2.07. The van der Waals surface area contributed by atoms with Gasteiger partial charge in [-0.3, -0.25) is 9.89 Å². The number of carbonyl (C=O) groups excluding carboxylic acids is 1. The Morgan fingerprint density at radius 1 is 1.30 bits per heavy atom. The van der Waals surface area contributed by atoms with Crippen LogP contribution >= 0.6 is 0 Å². The predicted molar refractivity (Wildman–Crippen MR) is 74.4 cm³/mol. The molecule has 0 spiro atoms. The Bertz CT molecular complexity index is 657. The van der Waals surface area contributed by atoms with Crippen molar-refractivity contribution in [2.24, 2.45) is 0 Å². The molecule has 0 aliphatic carbocycles. The molecule has 1 heterocycles. The van der Waals surface area contributed by atoms with Crippen molar-refractivity contribution in [2.75, 3.05) is 5.32 Å². The first-order chi connectivity index (χ1) is 9.54. The minimum atomic E-state index is -1.13. The van der Waals surface area contributed by atoms with E-state index in [1.54, 1.807) is 6.08 Å². The van der Waals surface area contributed by atoms with Crippen LogP contribution in [0.3, 0.4) is 0 Å². The minimum absolute atomic E-state index is 0.0807. The lowest BCUT2D eigenvalue weighted by Gasteiger charge is -1.96. The molecule has 2 rings (SSSR count). The average molecular weight is 271 g/mol. The van der Waals surface area contributed by atoms with Gasteiger partial charge in [-0.05, 0) is 18.6 Å². The molecule has 3 N–H and O–H groups in total. The summed E-state index contributed by atoms with van der Waals surface area (Å²) in [7, 11) is 0. The van der Waals surface area contributed by atoms with Gasteiger partial charge < -0.3 is 10.4 Å². The van der Waals surface area contributed by atoms with Gasteiger partial charge >= 0.3 is 5.97 Å². The standard InChI is InChI=1S/C14H13N3O3/c1-9-2-4-10(5-3-9)6-7-13(18)15-12-8-11(14(19)20)16-17-12/h2-8H,1H3,(H,19,20)(H2,15,16,17,18). The summed E-state index contributed by atoms with van der Waals surface area (Å²) in [5, 5.41) is 17.2. The van der Waals surface area contributed by atoms with Gasteiger partial charge in [0.1, 0.15) is 5.69 Å². The molecule has 0 saturated heterocycles. The molecule has 1 aromatic carbocycles. The molecule has 1 amide bonds. The van der Waals surface area contributed by atoms with E-state index in [1.807, 2.05) is 31.2 Å². The van der Waals surface area contributed by atoms with Crippen molar-refractivity contribution in [1.82, 2.24) is 10.2 Å². The molecule has 0 bridgehead atoms. The number of carboxylic acids is 1. The summed E-state index contributed by atoms with van der Waals surface area (Å²) < 4.78 is 0. The van der Waals surface area contributed by atoms with E-state index in [0.717, 1.165) is 11.1 Å². The third kappa shape index (κ3) is 3.55. The van der Waals surface area contributed by atoms with Crippen LogP contribution in [0.5, 0.6) is 0 Å². The van der Waals surface area contributed by atoms with Crippen molar-refractivity contribution in [2.45, 2.75) is 6.92 Å². The van der Waals surface area contributed by atoms with E-state index in [4.69, 9.17) is 5.11 Å². The topological polar surface area (TPSA) is 95.1 Å². The molecule has 6 heteroatoms. The number of benzene rings is 1. The van der Waals surface area contributed by atoms with Gasteiger partial charge in [-0.2, -0.15) is 5.10 Å². The summed E-state index contributed by atoms with van der Waals surface area (Å²) in [6, 6.07) is 8.95. The normalized spacial score (nSPS) is 10.7. The van der Waals surface area contributed by atoms with Crippen molar-refractivity contribution >= 4 is 23.8 Å². The summed E-state index contributed by atoms with van der Waals surface area (Å²) in [4.78, 5) is 22.3. The smallest absolute Gasteiger partial charge is 0.353 e. The van der Waals surface area contributed by atoms with Crippen LogP contribution in [0.1, 0.15) is 21.6 Å². The van der Waals surface area contributed by atoms with E-state index in [-0.39, 0.29) is 17.4 Å². The molecule has 102 valence electrons. The fraction of sp³-hybridized carbons (Fsp3) is 0.0714. The fourth-order valence-corrected chi connectivity index (χ4v) is 1.51. The summed E-state index contributed by atoms with van der Waals surface area (Å²) in [5.41, 5.74) is 1.96. The van der Waals surface area contributed by atoms with Gasteiger partial charge in [-0.25, -0.2) is 4.79 Å². The van der Waals surface area contributed by atoms with Crippen molar-refractivity contribution in [3.05, 3.63) is 53.2 Å². The van der Waals surface area contributed by atoms with Crippen LogP contribution in [0, 0.1) is 6.92 Å². The van der Waals surface area contributed by atoms with Crippen LogP contribution in [0.2, 0.25) is 0 Å². The Kier molecular flexibility index (Phi) is 3.95. The minimum Gasteiger partial charge on any atom is -0.477 e. The number of aromatic nitrogens is 2. The molecule has 0 fully saturated rings. The van der Waals surface area contributed by atoms with Crippen molar-refractivity contribution in [1.29, 1.82) is 0 Å². The number of aromatic carboxylic acids is 1. The maximum atomic E-state index is 11.6. The van der Waals surface area contributed by atoms with Crippen molar-refractivity contribution in [3.63, 3.8) is 0 Å². The third-order valence-corrected chi connectivity index (χ3v) is 2.56. The maximum absolute atomic E-state index is 11.6. The first kappa shape index (κ1) is 13.5. The monoisotopic (exact) mass is 271 g/mol. The van der Waals surface area contributed by atoms with E-state index >= 15 is 0 Å². The third-order valence-electron chi connectivity index (χ3n) is 2.56. The molecule has 0 saturated carbocycles. The number of carboxylic acid groups (broad SMARTS) is 1. The van der Waals surface area contributed by atoms with Crippen molar-refractivity contribution in [3.8, 4) is 0 Å². The molecule has 6 nitrogen and oxygen atoms in total. The number of rotatable bonds is 4. The largest absolute Gasteiger partial charge is 0.477 e. The number of nitrogens with one attached hydrogen (secondary N) is 2. The zero-order chi connectivity index (χ0) is 14.5. The summed E-state index contributed by atoms with van der Waals surface area (Å²) in [5.74, 6) is -1.34. The number of aromatic amines is 1. The first-order valence-corrected chi connectivity index (χ1v) is 5.89. The van der Waals surface area contributed by atoms with Crippen molar-refractivity contribution < 1.29 is 14.7 Å². The van der Waals surface area contributed by atoms with Crippen LogP contribution in [0.15, 0.2) is 36.4 Å². The Labute approximate surface area is 115 Å². The summed E-state index contributed by atoms with van der Waals surface area (Å²) >= 11 is 0. The average Bonchev–Trinajstić information content (AvgIpc) is 2.87. The fourth-order valence-electron chi connectivity index (χ4n) is 1.51. The molecule has 2 aromatic rings. The van der Waals surface area contributed by atoms with Gasteiger partial charge in [-0.15, -0.1) is 0 Å². The quantitative estimate of drug-likeness (QED) is 0.742. The molecule has 0 atom stereocenters. The number of nitrogens with zero attached hydrogens (tertiary/aromatic N) is 1. The number of anilines is 1. The first-order valence-electron chi connectivity index (χ1n) is 5.89. The summed E-state index contributed by atoms with van der Waals surface area (Å²) in [6.07, 6.45) is 3.03. The predicted octanol–water partition coefficient (Wildman–Crippen LogP) is 2.07. The Hall–Kier alpha value is -2.89. The Balaban J connectivity index is 1.97. The number of hydrogen-bond donors (Lipinski definition) is 3. The highest BCUT2D eigenvalue weighted by Crippen LogP contribution is 2.07. The van der Waals surface area contributed by atoms with E-state index in [1.165, 1.54) is 12.1 Å². The number of aryl methyl sites for hydroxylation is 1. The highest BCUT2D eigenvalue weighted by molar-refractivity contribution is 6.01. The number of hydrogen-bond acceptors (Lipinski definition) is 3. The van der Waals surface area contributed by atoms with E-state index in [9.17, 15) is 9.59 Å². The van der Waals surface area contributed by atoms with E-state index < -0.39 is 5.97 Å². The van der Waals surface area contributed by atoms with Crippen LogP contribution in [-0.4, -0.2) is 27.2 Å². The molecule has 0 aliphatic rings. The van der Waals surface area contributed by atoms with Gasteiger partial charge in [0.2, 0.25) is 5.91 Å².